The summed E-state index contributed by atoms with van der Waals surface area (Å²) >= 11 is 12.8. The van der Waals surface area contributed by atoms with Gasteiger partial charge in [-0.3, -0.25) is 19.1 Å². The number of aromatic nitrogens is 6. The van der Waals surface area contributed by atoms with Crippen LogP contribution in [0.5, 0.6) is 0 Å². The zero-order valence-electron chi connectivity index (χ0n) is 14.4. The van der Waals surface area contributed by atoms with Crippen LogP contribution >= 0.6 is 23.2 Å². The van der Waals surface area contributed by atoms with Gasteiger partial charge in [0.1, 0.15) is 6.61 Å². The Bertz CT molecular complexity index is 1300. The zero-order valence-corrected chi connectivity index (χ0v) is 15.9. The van der Waals surface area contributed by atoms with Crippen LogP contribution in [0.1, 0.15) is 5.82 Å². The molecule has 3 aromatic heterocycles. The van der Waals surface area contributed by atoms with Gasteiger partial charge in [-0.1, -0.05) is 23.2 Å². The third-order valence-corrected chi connectivity index (χ3v) is 4.81. The number of fused-ring (bicyclic) bond motifs is 1. The van der Waals surface area contributed by atoms with Gasteiger partial charge in [-0.15, -0.1) is 10.2 Å². The first kappa shape index (κ1) is 18.4. The second-order valence-corrected chi connectivity index (χ2v) is 6.59. The van der Waals surface area contributed by atoms with E-state index in [2.05, 4.69) is 25.1 Å². The lowest BCUT2D eigenvalue weighted by Gasteiger charge is -2.15. The molecule has 0 saturated carbocycles. The van der Waals surface area contributed by atoms with Crippen molar-refractivity contribution in [3.05, 3.63) is 67.2 Å². The number of H-pyrrole nitrogens is 2. The van der Waals surface area contributed by atoms with Gasteiger partial charge in [0.05, 0.1) is 26.8 Å². The Labute approximate surface area is 166 Å². The van der Waals surface area contributed by atoms with Crippen molar-refractivity contribution >= 4 is 34.2 Å². The number of ether oxygens (including phenoxy) is 1. The highest BCUT2D eigenvalue weighted by molar-refractivity contribution is 6.44. The van der Waals surface area contributed by atoms with Crippen molar-refractivity contribution in [1.82, 2.24) is 29.7 Å². The number of hydrogen-bond donors (Lipinski definition) is 2. The largest absolute Gasteiger partial charge is 0.377 e. The molecule has 0 amide bonds. The van der Waals surface area contributed by atoms with Gasteiger partial charge in [0.25, 0.3) is 0 Å². The molecule has 28 heavy (non-hydrogen) atoms. The lowest BCUT2D eigenvalue weighted by atomic mass is 10.2. The number of methoxy groups -OCH3 is 1. The maximum atomic E-state index is 12.0. The summed E-state index contributed by atoms with van der Waals surface area (Å²) in [6, 6.07) is 5.01. The smallest absolute Gasteiger partial charge is 0.314 e. The van der Waals surface area contributed by atoms with Crippen LogP contribution in [0.15, 0.2) is 40.2 Å². The van der Waals surface area contributed by atoms with Crippen LogP contribution in [-0.2, 0) is 11.3 Å². The van der Waals surface area contributed by atoms with Gasteiger partial charge in [-0.2, -0.15) is 0 Å². The maximum Gasteiger partial charge on any atom is 0.314 e. The Morgan fingerprint density at radius 1 is 1.18 bits per heavy atom. The summed E-state index contributed by atoms with van der Waals surface area (Å²) in [5, 5.41) is 8.73. The molecule has 4 rings (SSSR count). The predicted octanol–water partition coefficient (Wildman–Crippen LogP) is 2.31. The van der Waals surface area contributed by atoms with Gasteiger partial charge >= 0.3 is 11.1 Å². The van der Waals surface area contributed by atoms with Crippen LogP contribution in [0.4, 0.5) is 0 Å². The molecule has 0 atom stereocenters. The number of pyridine rings is 1. The van der Waals surface area contributed by atoms with E-state index in [9.17, 15) is 9.59 Å². The minimum atomic E-state index is -0.823. The maximum absolute atomic E-state index is 12.0. The molecular formula is C17H12Cl2N6O3. The normalized spacial score (nSPS) is 11.2. The minimum Gasteiger partial charge on any atom is -0.377 e. The average molecular weight is 419 g/mol. The second-order valence-electron chi connectivity index (χ2n) is 5.80. The van der Waals surface area contributed by atoms with Crippen molar-refractivity contribution in [2.45, 2.75) is 6.61 Å². The van der Waals surface area contributed by atoms with Gasteiger partial charge in [-0.05, 0) is 18.2 Å². The van der Waals surface area contributed by atoms with Gasteiger partial charge in [-0.25, -0.2) is 0 Å². The number of rotatable bonds is 4. The minimum absolute atomic E-state index is 0.116. The van der Waals surface area contributed by atoms with Crippen molar-refractivity contribution in [2.24, 2.45) is 0 Å². The summed E-state index contributed by atoms with van der Waals surface area (Å²) in [5.41, 5.74) is -0.0622. The Morgan fingerprint density at radius 3 is 2.68 bits per heavy atom. The molecule has 1 aromatic carbocycles. The van der Waals surface area contributed by atoms with Crippen LogP contribution in [-0.4, -0.2) is 36.8 Å². The van der Waals surface area contributed by atoms with E-state index in [0.29, 0.717) is 28.4 Å². The van der Waals surface area contributed by atoms with Crippen LogP contribution in [0, 0.1) is 0 Å². The Kier molecular flexibility index (Phi) is 4.71. The van der Waals surface area contributed by atoms with Gasteiger partial charge in [0.2, 0.25) is 0 Å². The molecule has 0 aliphatic heterocycles. The zero-order chi connectivity index (χ0) is 19.8. The molecule has 142 valence electrons. The molecule has 11 heteroatoms. The lowest BCUT2D eigenvalue weighted by Crippen LogP contribution is -2.29. The number of benzene rings is 1. The number of nitrogens with zero attached hydrogens (tertiary/aromatic N) is 4. The standard InChI is InChI=1S/C17H12Cl2N6O3/c1-28-7-11-23-24-15(8-3-2-4-20-6-8)25(11)14-12(19)9(18)5-10-13(14)22-17(27)16(26)21-10/h2-6H,7H2,1H3,(H,21,26)(H,22,27). The van der Waals surface area contributed by atoms with Crippen LogP contribution < -0.4 is 11.1 Å². The van der Waals surface area contributed by atoms with Crippen molar-refractivity contribution < 1.29 is 4.74 Å². The third-order valence-electron chi connectivity index (χ3n) is 4.03. The van der Waals surface area contributed by atoms with Gasteiger partial charge < -0.3 is 14.7 Å². The summed E-state index contributed by atoms with van der Waals surface area (Å²) in [5.74, 6) is 0.830. The van der Waals surface area contributed by atoms with Gasteiger partial charge in [0.15, 0.2) is 11.6 Å². The first-order chi connectivity index (χ1) is 13.5. The molecular weight excluding hydrogens is 407 g/mol. The molecule has 0 bridgehead atoms. The van der Waals surface area contributed by atoms with E-state index in [0.717, 1.165) is 0 Å². The van der Waals surface area contributed by atoms with E-state index >= 15 is 0 Å². The van der Waals surface area contributed by atoms with E-state index in [4.69, 9.17) is 27.9 Å². The fraction of sp³-hybridized carbons (Fsp3) is 0.118. The molecule has 0 unspecified atom stereocenters. The molecule has 0 spiro atoms. The highest BCUT2D eigenvalue weighted by atomic mass is 35.5. The summed E-state index contributed by atoms with van der Waals surface area (Å²) in [6.07, 6.45) is 3.24. The highest BCUT2D eigenvalue weighted by Crippen LogP contribution is 2.36. The summed E-state index contributed by atoms with van der Waals surface area (Å²) in [6.45, 7) is 0.116. The van der Waals surface area contributed by atoms with Crippen molar-refractivity contribution in [2.75, 3.05) is 7.11 Å². The monoisotopic (exact) mass is 418 g/mol. The fourth-order valence-electron chi connectivity index (χ4n) is 2.85. The number of halogens is 2. The van der Waals surface area contributed by atoms with Crippen molar-refractivity contribution in [1.29, 1.82) is 0 Å². The molecule has 3 heterocycles. The summed E-state index contributed by atoms with van der Waals surface area (Å²) < 4.78 is 6.84. The third kappa shape index (κ3) is 2.99. The Hall–Kier alpha value is -3.01. The van der Waals surface area contributed by atoms with Crippen molar-refractivity contribution in [3.63, 3.8) is 0 Å². The molecule has 0 radical (unpaired) electrons. The number of hydrogen-bond acceptors (Lipinski definition) is 6. The SMILES string of the molecule is COCc1nnc(-c2cccnc2)n1-c1c(Cl)c(Cl)cc2[nH]c(=O)c(=O)[nH]c12. The second kappa shape index (κ2) is 7.19. The molecule has 0 fully saturated rings. The average Bonchev–Trinajstić information content (AvgIpc) is 3.09. The van der Waals surface area contributed by atoms with E-state index in [1.165, 1.54) is 13.2 Å². The Morgan fingerprint density at radius 2 is 1.96 bits per heavy atom. The molecule has 0 saturated heterocycles. The molecule has 4 aromatic rings. The van der Waals surface area contributed by atoms with Crippen LogP contribution in [0.2, 0.25) is 10.0 Å². The first-order valence-electron chi connectivity index (χ1n) is 7.99. The number of nitrogens with one attached hydrogen (secondary N) is 2. The predicted molar refractivity (Wildman–Crippen MR) is 104 cm³/mol. The van der Waals surface area contributed by atoms with E-state index < -0.39 is 11.1 Å². The van der Waals surface area contributed by atoms with E-state index in [-0.39, 0.29) is 22.2 Å². The molecule has 0 aliphatic carbocycles. The molecule has 9 nitrogen and oxygen atoms in total. The van der Waals surface area contributed by atoms with E-state index in [1.807, 2.05) is 0 Å². The Balaban J connectivity index is 2.15. The number of aromatic amines is 2. The first-order valence-corrected chi connectivity index (χ1v) is 8.75. The fourth-order valence-corrected chi connectivity index (χ4v) is 3.29. The summed E-state index contributed by atoms with van der Waals surface area (Å²) in [4.78, 5) is 32.9. The topological polar surface area (TPSA) is 119 Å². The molecule has 2 N–H and O–H groups in total. The van der Waals surface area contributed by atoms with Crippen molar-refractivity contribution in [3.8, 4) is 17.1 Å². The summed E-state index contributed by atoms with van der Waals surface area (Å²) in [7, 11) is 1.51. The van der Waals surface area contributed by atoms with E-state index in [1.54, 1.807) is 29.1 Å². The lowest BCUT2D eigenvalue weighted by molar-refractivity contribution is 0.176. The highest BCUT2D eigenvalue weighted by Gasteiger charge is 2.22. The molecule has 0 aliphatic rings. The van der Waals surface area contributed by atoms with Crippen LogP contribution in [0.25, 0.3) is 28.1 Å². The quantitative estimate of drug-likeness (QED) is 0.490. The van der Waals surface area contributed by atoms with Crippen LogP contribution in [0.3, 0.4) is 0 Å². The van der Waals surface area contributed by atoms with Gasteiger partial charge in [0, 0.05) is 25.1 Å².